The van der Waals surface area contributed by atoms with Crippen LogP contribution in [-0.4, -0.2) is 0 Å². The van der Waals surface area contributed by atoms with Crippen LogP contribution in [0.15, 0.2) is 85.2 Å². The van der Waals surface area contributed by atoms with Crippen LogP contribution < -0.4 is 39.1 Å². The summed E-state index contributed by atoms with van der Waals surface area (Å²) < 4.78 is 0. The average Bonchev–Trinajstić information content (AvgIpc) is 2.73. The second kappa shape index (κ2) is 8.73. The fourth-order valence-electron chi connectivity index (χ4n) is 2.65. The van der Waals surface area contributed by atoms with E-state index in [9.17, 15) is 0 Å². The summed E-state index contributed by atoms with van der Waals surface area (Å²) in [6.07, 6.45) is 3.38. The molecule has 0 radical (unpaired) electrons. The lowest BCUT2D eigenvalue weighted by atomic mass is 10.1. The quantitative estimate of drug-likeness (QED) is 0.217. The average molecular weight is 387 g/mol. The number of hydrogen-bond donors (Lipinski definition) is 6. The lowest BCUT2D eigenvalue weighted by molar-refractivity contribution is 1.08. The summed E-state index contributed by atoms with van der Waals surface area (Å²) in [7, 11) is 0. The Kier molecular flexibility index (Phi) is 5.91. The molecule has 0 aliphatic heterocycles. The third kappa shape index (κ3) is 5.21. The summed E-state index contributed by atoms with van der Waals surface area (Å²) in [4.78, 5) is 0. The van der Waals surface area contributed by atoms with E-state index in [0.29, 0.717) is 22.8 Å². The summed E-state index contributed by atoms with van der Waals surface area (Å²) in [5.41, 5.74) is 29.6. The van der Waals surface area contributed by atoms with Crippen molar-refractivity contribution < 1.29 is 0 Å². The van der Waals surface area contributed by atoms with Gasteiger partial charge in [0.2, 0.25) is 0 Å². The van der Waals surface area contributed by atoms with Gasteiger partial charge in [-0.05, 0) is 65.7 Å². The highest BCUT2D eigenvalue weighted by molar-refractivity contribution is 5.72. The largest absolute Gasteiger partial charge is 0.399 e. The minimum absolute atomic E-state index is 0.505. The monoisotopic (exact) mass is 387 g/mol. The van der Waals surface area contributed by atoms with E-state index in [1.165, 1.54) is 5.01 Å². The van der Waals surface area contributed by atoms with Gasteiger partial charge in [0.05, 0.1) is 17.1 Å². The molecule has 0 heterocycles. The van der Waals surface area contributed by atoms with Crippen molar-refractivity contribution in [2.45, 2.75) is 0 Å². The second-order valence-electron chi connectivity index (χ2n) is 6.53. The van der Waals surface area contributed by atoms with Gasteiger partial charge in [-0.3, -0.25) is 5.01 Å². The molecule has 0 bridgehead atoms. The van der Waals surface area contributed by atoms with Gasteiger partial charge in [-0.2, -0.15) is 0 Å². The smallest absolute Gasteiger partial charge is 0.0570 e. The molecule has 7 heteroatoms. The van der Waals surface area contributed by atoms with Gasteiger partial charge < -0.3 is 28.3 Å². The number of hydrazine groups is 1. The zero-order valence-corrected chi connectivity index (χ0v) is 15.9. The van der Waals surface area contributed by atoms with Gasteiger partial charge >= 0.3 is 0 Å². The predicted molar refractivity (Wildman–Crippen MR) is 123 cm³/mol. The van der Waals surface area contributed by atoms with Crippen LogP contribution in [0.2, 0.25) is 0 Å². The van der Waals surface area contributed by atoms with Gasteiger partial charge in [0, 0.05) is 29.5 Å². The van der Waals surface area contributed by atoms with Crippen molar-refractivity contribution in [3.05, 3.63) is 96.3 Å². The molecule has 0 fully saturated rings. The van der Waals surface area contributed by atoms with Gasteiger partial charge in [0.25, 0.3) is 0 Å². The molecule has 3 rings (SSSR count). The van der Waals surface area contributed by atoms with Crippen LogP contribution in [0.25, 0.3) is 11.4 Å². The molecule has 0 aliphatic rings. The number of anilines is 4. The van der Waals surface area contributed by atoms with Crippen LogP contribution in [0.1, 0.15) is 11.1 Å². The molecule has 11 N–H and O–H groups in total. The summed E-state index contributed by atoms with van der Waals surface area (Å²) in [6.45, 7) is 0. The molecule has 0 spiro atoms. The summed E-state index contributed by atoms with van der Waals surface area (Å²) in [5.74, 6) is 6.09. The Balaban J connectivity index is 1.76. The first kappa shape index (κ1) is 19.7. The first-order valence-electron chi connectivity index (χ1n) is 8.97. The third-order valence-corrected chi connectivity index (χ3v) is 4.30. The lowest BCUT2D eigenvalue weighted by Crippen LogP contribution is -2.25. The SMILES string of the molecule is N/C(=C\Nc1ccc(N)cc1)c1cccc(/C(N)=C/N(N)c2ccc(N)cc2)c1. The van der Waals surface area contributed by atoms with Crippen molar-refractivity contribution in [1.29, 1.82) is 0 Å². The summed E-state index contributed by atoms with van der Waals surface area (Å²) >= 11 is 0. The van der Waals surface area contributed by atoms with E-state index in [1.807, 2.05) is 60.7 Å². The van der Waals surface area contributed by atoms with Crippen molar-refractivity contribution in [1.82, 2.24) is 0 Å². The van der Waals surface area contributed by atoms with Gasteiger partial charge in [-0.15, -0.1) is 0 Å². The molecule has 0 saturated carbocycles. The highest BCUT2D eigenvalue weighted by Crippen LogP contribution is 2.19. The van der Waals surface area contributed by atoms with Gasteiger partial charge in [-0.25, -0.2) is 5.84 Å². The van der Waals surface area contributed by atoms with Crippen molar-refractivity contribution in [3.8, 4) is 0 Å². The molecule has 29 heavy (non-hydrogen) atoms. The van der Waals surface area contributed by atoms with Crippen LogP contribution in [0.4, 0.5) is 22.7 Å². The Morgan fingerprint density at radius 2 is 1.31 bits per heavy atom. The van der Waals surface area contributed by atoms with Crippen LogP contribution in [0.3, 0.4) is 0 Å². The molecule has 0 saturated heterocycles. The molecule has 0 aliphatic carbocycles. The Bertz CT molecular complexity index is 1020. The number of nitrogens with zero attached hydrogens (tertiary/aromatic N) is 1. The predicted octanol–water partition coefficient (Wildman–Crippen LogP) is 2.86. The summed E-state index contributed by atoms with van der Waals surface area (Å²) in [5, 5.41) is 4.60. The zero-order valence-electron chi connectivity index (χ0n) is 15.9. The Morgan fingerprint density at radius 3 is 1.93 bits per heavy atom. The first-order chi connectivity index (χ1) is 13.9. The maximum atomic E-state index is 6.24. The number of nitrogens with two attached hydrogens (primary N) is 5. The second-order valence-corrected chi connectivity index (χ2v) is 6.53. The first-order valence-corrected chi connectivity index (χ1v) is 8.97. The minimum atomic E-state index is 0.505. The molecular weight excluding hydrogens is 362 g/mol. The standard InChI is InChI=1S/C22H25N7/c23-17-4-8-19(9-5-17)28-13-21(25)15-2-1-3-16(12-15)22(26)14-29(27)20-10-6-18(24)7-11-20/h1-14,28H,23-27H2/b21-13-,22-14-. The van der Waals surface area contributed by atoms with E-state index in [0.717, 1.165) is 22.5 Å². The number of nitrogen functional groups attached to an aromatic ring is 2. The van der Waals surface area contributed by atoms with E-state index >= 15 is 0 Å². The van der Waals surface area contributed by atoms with Gasteiger partial charge in [0.15, 0.2) is 0 Å². The van der Waals surface area contributed by atoms with Crippen molar-refractivity contribution in [2.24, 2.45) is 17.3 Å². The highest BCUT2D eigenvalue weighted by atomic mass is 15.4. The fourth-order valence-corrected chi connectivity index (χ4v) is 2.65. The molecule has 7 nitrogen and oxygen atoms in total. The Morgan fingerprint density at radius 1 is 0.759 bits per heavy atom. The number of nitrogens with one attached hydrogen (secondary N) is 1. The van der Waals surface area contributed by atoms with Crippen LogP contribution in [0, 0.1) is 0 Å². The van der Waals surface area contributed by atoms with Gasteiger partial charge in [-0.1, -0.05) is 18.2 Å². The van der Waals surface area contributed by atoms with Crippen LogP contribution in [0.5, 0.6) is 0 Å². The van der Waals surface area contributed by atoms with Gasteiger partial charge in [0.1, 0.15) is 0 Å². The normalized spacial score (nSPS) is 11.9. The molecule has 0 unspecified atom stereocenters. The third-order valence-electron chi connectivity index (χ3n) is 4.30. The molecule has 0 aromatic heterocycles. The Hall–Kier alpha value is -4.10. The van der Waals surface area contributed by atoms with E-state index in [4.69, 9.17) is 28.8 Å². The van der Waals surface area contributed by atoms with E-state index in [-0.39, 0.29) is 0 Å². The van der Waals surface area contributed by atoms with E-state index in [2.05, 4.69) is 5.32 Å². The Labute approximate surface area is 170 Å². The van der Waals surface area contributed by atoms with E-state index < -0.39 is 0 Å². The molecular formula is C22H25N7. The molecule has 3 aromatic carbocycles. The molecule has 3 aromatic rings. The maximum Gasteiger partial charge on any atom is 0.0570 e. The topological polar surface area (TPSA) is 145 Å². The van der Waals surface area contributed by atoms with Crippen LogP contribution >= 0.6 is 0 Å². The van der Waals surface area contributed by atoms with Crippen molar-refractivity contribution in [2.75, 3.05) is 21.8 Å². The van der Waals surface area contributed by atoms with Crippen molar-refractivity contribution >= 4 is 34.1 Å². The zero-order chi connectivity index (χ0) is 20.8. The minimum Gasteiger partial charge on any atom is -0.399 e. The fraction of sp³-hybridized carbons (Fsp3) is 0. The van der Waals surface area contributed by atoms with Crippen molar-refractivity contribution in [3.63, 3.8) is 0 Å². The van der Waals surface area contributed by atoms with E-state index in [1.54, 1.807) is 24.5 Å². The maximum absolute atomic E-state index is 6.24. The molecule has 0 atom stereocenters. The number of hydrogen-bond acceptors (Lipinski definition) is 7. The van der Waals surface area contributed by atoms with Crippen LogP contribution in [-0.2, 0) is 0 Å². The molecule has 148 valence electrons. The molecule has 0 amide bonds. The number of rotatable bonds is 6. The lowest BCUT2D eigenvalue weighted by Gasteiger charge is -2.15. The summed E-state index contributed by atoms with van der Waals surface area (Å²) in [6, 6.07) is 22.2. The highest BCUT2D eigenvalue weighted by Gasteiger charge is 2.04. The number of benzene rings is 3.